The zero-order valence-electron chi connectivity index (χ0n) is 11.6. The van der Waals surface area contributed by atoms with Gasteiger partial charge in [0.2, 0.25) is 0 Å². The van der Waals surface area contributed by atoms with Crippen LogP contribution in [0.5, 0.6) is 0 Å². The molecular weight excluding hydrogens is 256 g/mol. The number of hydrogen-bond acceptors (Lipinski definition) is 4. The molecule has 0 spiro atoms. The van der Waals surface area contributed by atoms with Crippen LogP contribution in [0.25, 0.3) is 0 Å². The van der Waals surface area contributed by atoms with Crippen molar-refractivity contribution in [2.24, 2.45) is 0 Å². The Morgan fingerprint density at radius 3 is 2.58 bits per heavy atom. The van der Waals surface area contributed by atoms with Crippen molar-refractivity contribution in [3.05, 3.63) is 41.2 Å². The van der Waals surface area contributed by atoms with Crippen LogP contribution < -0.4 is 5.32 Å². The second-order valence-electron chi connectivity index (χ2n) is 4.63. The van der Waals surface area contributed by atoms with Gasteiger partial charge in [0.1, 0.15) is 6.33 Å². The van der Waals surface area contributed by atoms with E-state index in [-0.39, 0.29) is 0 Å². The van der Waals surface area contributed by atoms with Crippen molar-refractivity contribution < 1.29 is 0 Å². The third kappa shape index (κ3) is 4.08. The minimum atomic E-state index is 0.332. The van der Waals surface area contributed by atoms with Gasteiger partial charge in [-0.15, -0.1) is 0 Å². The summed E-state index contributed by atoms with van der Waals surface area (Å²) in [6, 6.07) is 7.04. The molecule has 1 unspecified atom stereocenters. The van der Waals surface area contributed by atoms with Gasteiger partial charge in [0, 0.05) is 11.8 Å². The fourth-order valence-corrected chi connectivity index (χ4v) is 3.03. The molecule has 2 rings (SSSR count). The molecule has 0 radical (unpaired) electrons. The maximum atomic E-state index is 4.15. The highest BCUT2D eigenvalue weighted by molar-refractivity contribution is 7.99. The number of benzene rings is 1. The van der Waals surface area contributed by atoms with E-state index in [1.54, 1.807) is 18.1 Å². The lowest BCUT2D eigenvalue weighted by Gasteiger charge is -2.18. The third-order valence-corrected chi connectivity index (χ3v) is 3.85. The lowest BCUT2D eigenvalue weighted by molar-refractivity contribution is 0.604. The van der Waals surface area contributed by atoms with Gasteiger partial charge in [-0.25, -0.2) is 4.98 Å². The zero-order valence-corrected chi connectivity index (χ0v) is 12.4. The van der Waals surface area contributed by atoms with Gasteiger partial charge in [-0.3, -0.25) is 5.10 Å². The Balaban J connectivity index is 2.09. The molecule has 1 atom stereocenters. The lowest BCUT2D eigenvalue weighted by atomic mass is 10.0. The standard InChI is InChI=1S/C14H20N4S/c1-4-15-13(8-19-14-16-9-17-18-14)12-6-10(2)5-11(3)7-12/h5-7,9,13,15H,4,8H2,1-3H3,(H,16,17,18). The molecule has 0 bridgehead atoms. The molecule has 0 saturated carbocycles. The highest BCUT2D eigenvalue weighted by Crippen LogP contribution is 2.23. The molecule has 0 amide bonds. The molecule has 2 N–H and O–H groups in total. The molecule has 1 aromatic heterocycles. The van der Waals surface area contributed by atoms with Crippen molar-refractivity contribution in [2.45, 2.75) is 32.0 Å². The summed E-state index contributed by atoms with van der Waals surface area (Å²) in [6.45, 7) is 7.37. The van der Waals surface area contributed by atoms with E-state index in [4.69, 9.17) is 0 Å². The smallest absolute Gasteiger partial charge is 0.183 e. The summed E-state index contributed by atoms with van der Waals surface area (Å²) >= 11 is 1.69. The average molecular weight is 276 g/mol. The minimum absolute atomic E-state index is 0.332. The Morgan fingerprint density at radius 2 is 2.00 bits per heavy atom. The normalized spacial score (nSPS) is 12.6. The number of thioether (sulfide) groups is 1. The monoisotopic (exact) mass is 276 g/mol. The molecule has 102 valence electrons. The number of aromatic nitrogens is 3. The van der Waals surface area contributed by atoms with Crippen LogP contribution in [-0.4, -0.2) is 27.5 Å². The predicted molar refractivity (Wildman–Crippen MR) is 79.4 cm³/mol. The molecule has 0 aliphatic heterocycles. The SMILES string of the molecule is CCNC(CSc1ncn[nH]1)c1cc(C)cc(C)c1. The van der Waals surface area contributed by atoms with E-state index in [1.807, 2.05) is 0 Å². The molecule has 0 aliphatic carbocycles. The van der Waals surface area contributed by atoms with Gasteiger partial charge in [-0.05, 0) is 26.0 Å². The summed E-state index contributed by atoms with van der Waals surface area (Å²) in [5.41, 5.74) is 3.96. The van der Waals surface area contributed by atoms with Crippen LogP contribution in [0.3, 0.4) is 0 Å². The number of rotatable bonds is 6. The maximum absolute atomic E-state index is 4.15. The summed E-state index contributed by atoms with van der Waals surface area (Å²) < 4.78 is 0. The number of hydrogen-bond donors (Lipinski definition) is 2. The number of nitrogens with one attached hydrogen (secondary N) is 2. The first-order chi connectivity index (χ1) is 9.19. The van der Waals surface area contributed by atoms with Crippen LogP contribution >= 0.6 is 11.8 Å². The Kier molecular flexibility index (Phi) is 4.99. The number of aryl methyl sites for hydroxylation is 2. The highest BCUT2D eigenvalue weighted by atomic mass is 32.2. The zero-order chi connectivity index (χ0) is 13.7. The second-order valence-corrected chi connectivity index (χ2v) is 5.64. The van der Waals surface area contributed by atoms with Crippen LogP contribution in [-0.2, 0) is 0 Å². The van der Waals surface area contributed by atoms with Crippen LogP contribution in [0.2, 0.25) is 0 Å². The largest absolute Gasteiger partial charge is 0.309 e. The van der Waals surface area contributed by atoms with Gasteiger partial charge in [0.05, 0.1) is 0 Å². The first kappa shape index (κ1) is 14.1. The fraction of sp³-hybridized carbons (Fsp3) is 0.429. The molecule has 0 fully saturated rings. The van der Waals surface area contributed by atoms with Crippen LogP contribution in [0.1, 0.15) is 29.7 Å². The molecule has 0 saturated heterocycles. The maximum Gasteiger partial charge on any atom is 0.183 e. The van der Waals surface area contributed by atoms with Crippen LogP contribution in [0.15, 0.2) is 29.7 Å². The summed E-state index contributed by atoms with van der Waals surface area (Å²) in [5, 5.41) is 11.2. The van der Waals surface area contributed by atoms with Gasteiger partial charge < -0.3 is 5.32 Å². The van der Waals surface area contributed by atoms with E-state index in [9.17, 15) is 0 Å². The number of aromatic amines is 1. The summed E-state index contributed by atoms with van der Waals surface area (Å²) in [7, 11) is 0. The first-order valence-corrected chi connectivity index (χ1v) is 7.47. The van der Waals surface area contributed by atoms with Gasteiger partial charge in [0.15, 0.2) is 5.16 Å². The third-order valence-electron chi connectivity index (χ3n) is 2.88. The number of nitrogens with zero attached hydrogens (tertiary/aromatic N) is 2. The van der Waals surface area contributed by atoms with Gasteiger partial charge in [-0.1, -0.05) is 48.0 Å². The number of H-pyrrole nitrogens is 1. The molecule has 4 nitrogen and oxygen atoms in total. The molecule has 1 heterocycles. The summed E-state index contributed by atoms with van der Waals surface area (Å²) in [4.78, 5) is 4.15. The molecule has 0 aliphatic rings. The lowest BCUT2D eigenvalue weighted by Crippen LogP contribution is -2.23. The molecule has 5 heteroatoms. The fourth-order valence-electron chi connectivity index (χ4n) is 2.16. The van der Waals surface area contributed by atoms with Crippen LogP contribution in [0, 0.1) is 13.8 Å². The predicted octanol–water partition coefficient (Wildman–Crippen LogP) is 2.86. The van der Waals surface area contributed by atoms with E-state index in [2.05, 4.69) is 59.5 Å². The summed E-state index contributed by atoms with van der Waals surface area (Å²) in [6.07, 6.45) is 1.54. The molecular formula is C14H20N4S. The van der Waals surface area contributed by atoms with Crippen molar-refractivity contribution in [1.29, 1.82) is 0 Å². The first-order valence-electron chi connectivity index (χ1n) is 6.48. The average Bonchev–Trinajstić information content (AvgIpc) is 2.86. The van der Waals surface area contributed by atoms with Gasteiger partial charge in [-0.2, -0.15) is 5.10 Å². The quantitative estimate of drug-likeness (QED) is 0.797. The Hall–Kier alpha value is -1.33. The highest BCUT2D eigenvalue weighted by Gasteiger charge is 2.12. The van der Waals surface area contributed by atoms with E-state index >= 15 is 0 Å². The Morgan fingerprint density at radius 1 is 1.26 bits per heavy atom. The summed E-state index contributed by atoms with van der Waals surface area (Å²) in [5.74, 6) is 0.936. The van der Waals surface area contributed by atoms with E-state index in [0.717, 1.165) is 17.5 Å². The molecule has 19 heavy (non-hydrogen) atoms. The van der Waals surface area contributed by atoms with Gasteiger partial charge >= 0.3 is 0 Å². The van der Waals surface area contributed by atoms with E-state index in [1.165, 1.54) is 16.7 Å². The van der Waals surface area contributed by atoms with Crippen molar-refractivity contribution in [1.82, 2.24) is 20.5 Å². The second kappa shape index (κ2) is 6.73. The Labute approximate surface area is 118 Å². The topological polar surface area (TPSA) is 53.6 Å². The molecule has 1 aromatic carbocycles. The van der Waals surface area contributed by atoms with E-state index < -0.39 is 0 Å². The molecule has 2 aromatic rings. The van der Waals surface area contributed by atoms with E-state index in [0.29, 0.717) is 6.04 Å². The van der Waals surface area contributed by atoms with Crippen molar-refractivity contribution in [2.75, 3.05) is 12.3 Å². The van der Waals surface area contributed by atoms with Crippen LogP contribution in [0.4, 0.5) is 0 Å². The van der Waals surface area contributed by atoms with Crippen molar-refractivity contribution >= 4 is 11.8 Å². The van der Waals surface area contributed by atoms with Gasteiger partial charge in [0.25, 0.3) is 0 Å². The minimum Gasteiger partial charge on any atom is -0.309 e. The van der Waals surface area contributed by atoms with Crippen molar-refractivity contribution in [3.63, 3.8) is 0 Å². The van der Waals surface area contributed by atoms with Crippen molar-refractivity contribution in [3.8, 4) is 0 Å². The Bertz CT molecular complexity index is 490.